The predicted molar refractivity (Wildman–Crippen MR) is 111 cm³/mol. The van der Waals surface area contributed by atoms with Gasteiger partial charge in [0, 0.05) is 23.9 Å². The first-order valence-electron chi connectivity index (χ1n) is 9.48. The third kappa shape index (κ3) is 5.36. The Bertz CT molecular complexity index is 797. The van der Waals surface area contributed by atoms with E-state index < -0.39 is 0 Å². The Kier molecular flexibility index (Phi) is 8.07. The summed E-state index contributed by atoms with van der Waals surface area (Å²) < 4.78 is 12.6. The summed E-state index contributed by atoms with van der Waals surface area (Å²) in [5, 5.41) is 7.22. The minimum atomic E-state index is -0.227. The smallest absolute Gasteiger partial charge is 0.255 e. The van der Waals surface area contributed by atoms with Gasteiger partial charge >= 0.3 is 0 Å². The van der Waals surface area contributed by atoms with Crippen molar-refractivity contribution in [2.24, 2.45) is 0 Å². The average Bonchev–Trinajstić information content (AvgIpc) is 3.15. The van der Waals surface area contributed by atoms with Crippen molar-refractivity contribution < 1.29 is 14.3 Å². The molecule has 0 bridgehead atoms. The Morgan fingerprint density at radius 2 is 2.04 bits per heavy atom. The molecule has 1 aromatic carbocycles. The number of likely N-dealkylation sites (N-methyl/N-ethyl adjacent to an activating group) is 1. The minimum absolute atomic E-state index is 0.227. The van der Waals surface area contributed by atoms with Crippen LogP contribution >= 0.6 is 0 Å². The summed E-state index contributed by atoms with van der Waals surface area (Å²) in [5.74, 6) is 0.902. The van der Waals surface area contributed by atoms with Crippen LogP contribution in [0.3, 0.4) is 0 Å². The van der Waals surface area contributed by atoms with E-state index in [-0.39, 0.29) is 5.91 Å². The number of amides is 1. The summed E-state index contributed by atoms with van der Waals surface area (Å²) in [6, 6.07) is 3.47. The lowest BCUT2D eigenvalue weighted by atomic mass is 10.0. The summed E-state index contributed by atoms with van der Waals surface area (Å²) in [7, 11) is 3.13. The highest BCUT2D eigenvalue weighted by atomic mass is 16.5. The number of hydrogen-bond acceptors (Lipinski definition) is 5. The van der Waals surface area contributed by atoms with Gasteiger partial charge in [0.2, 0.25) is 0 Å². The lowest BCUT2D eigenvalue weighted by Crippen LogP contribution is -2.27. The van der Waals surface area contributed by atoms with E-state index in [4.69, 9.17) is 9.47 Å². The molecule has 1 heterocycles. The molecule has 28 heavy (non-hydrogen) atoms. The highest BCUT2D eigenvalue weighted by Crippen LogP contribution is 2.33. The fourth-order valence-electron chi connectivity index (χ4n) is 3.02. The standard InChI is InChI=1S/C21H30N4O3/c1-6-9-16-12-17(13-19(27-4)20(16)28-5)21(26)23-18-14-22-25(15-18)11-10-24(7-2)8-3/h6,12-15H,1,7-11H2,2-5H3,(H,23,26). The molecule has 2 aromatic rings. The molecule has 0 atom stereocenters. The van der Waals surface area contributed by atoms with Crippen LogP contribution < -0.4 is 14.8 Å². The van der Waals surface area contributed by atoms with Crippen molar-refractivity contribution in [3.63, 3.8) is 0 Å². The normalized spacial score (nSPS) is 10.8. The molecule has 0 saturated carbocycles. The highest BCUT2D eigenvalue weighted by Gasteiger charge is 2.16. The van der Waals surface area contributed by atoms with Gasteiger partial charge < -0.3 is 19.7 Å². The number of ether oxygens (including phenoxy) is 2. The molecule has 7 nitrogen and oxygen atoms in total. The van der Waals surface area contributed by atoms with Crippen molar-refractivity contribution in [2.45, 2.75) is 26.8 Å². The van der Waals surface area contributed by atoms with Gasteiger partial charge in [0.15, 0.2) is 11.5 Å². The summed E-state index contributed by atoms with van der Waals surface area (Å²) in [6.07, 6.45) is 5.83. The van der Waals surface area contributed by atoms with Crippen molar-refractivity contribution in [1.29, 1.82) is 0 Å². The van der Waals surface area contributed by atoms with E-state index in [9.17, 15) is 4.79 Å². The Hall–Kier alpha value is -2.80. The van der Waals surface area contributed by atoms with Gasteiger partial charge in [0.05, 0.1) is 32.6 Å². The molecule has 7 heteroatoms. The van der Waals surface area contributed by atoms with E-state index in [2.05, 4.69) is 35.7 Å². The maximum absolute atomic E-state index is 12.7. The number of nitrogens with zero attached hydrogens (tertiary/aromatic N) is 3. The number of nitrogens with one attached hydrogen (secondary N) is 1. The molecule has 0 spiro atoms. The summed E-state index contributed by atoms with van der Waals surface area (Å²) in [6.45, 7) is 11.8. The van der Waals surface area contributed by atoms with Crippen LogP contribution in [0.25, 0.3) is 0 Å². The van der Waals surface area contributed by atoms with Crippen LogP contribution in [-0.4, -0.2) is 54.4 Å². The molecule has 152 valence electrons. The number of rotatable bonds is 11. The van der Waals surface area contributed by atoms with Crippen LogP contribution in [0.2, 0.25) is 0 Å². The monoisotopic (exact) mass is 386 g/mol. The zero-order valence-corrected chi connectivity index (χ0v) is 17.2. The van der Waals surface area contributed by atoms with E-state index in [1.54, 1.807) is 38.6 Å². The first-order chi connectivity index (χ1) is 13.6. The van der Waals surface area contributed by atoms with Gasteiger partial charge in [0.1, 0.15) is 0 Å². The van der Waals surface area contributed by atoms with Crippen molar-refractivity contribution >= 4 is 11.6 Å². The lowest BCUT2D eigenvalue weighted by Gasteiger charge is -2.17. The molecule has 0 aliphatic rings. The van der Waals surface area contributed by atoms with Crippen molar-refractivity contribution in [3.8, 4) is 11.5 Å². The van der Waals surface area contributed by atoms with Gasteiger partial charge in [-0.2, -0.15) is 5.10 Å². The second-order valence-electron chi connectivity index (χ2n) is 6.34. The van der Waals surface area contributed by atoms with Crippen LogP contribution in [-0.2, 0) is 13.0 Å². The summed E-state index contributed by atoms with van der Waals surface area (Å²) >= 11 is 0. The number of aromatic nitrogens is 2. The maximum Gasteiger partial charge on any atom is 0.255 e. The molecule has 1 N–H and O–H groups in total. The van der Waals surface area contributed by atoms with E-state index in [0.29, 0.717) is 29.2 Å². The van der Waals surface area contributed by atoms with E-state index in [1.807, 2.05) is 10.9 Å². The first-order valence-corrected chi connectivity index (χ1v) is 9.48. The molecule has 0 radical (unpaired) electrons. The Balaban J connectivity index is 2.12. The van der Waals surface area contributed by atoms with Crippen molar-refractivity contribution in [2.75, 3.05) is 39.2 Å². The second kappa shape index (κ2) is 10.5. The third-order valence-electron chi connectivity index (χ3n) is 4.61. The molecule has 0 aliphatic carbocycles. The lowest BCUT2D eigenvalue weighted by molar-refractivity contribution is 0.102. The fourth-order valence-corrected chi connectivity index (χ4v) is 3.02. The van der Waals surface area contributed by atoms with Crippen LogP contribution in [0.1, 0.15) is 29.8 Å². The topological polar surface area (TPSA) is 68.6 Å². The minimum Gasteiger partial charge on any atom is -0.493 e. The molecule has 0 fully saturated rings. The first kappa shape index (κ1) is 21.5. The molecular formula is C21H30N4O3. The average molecular weight is 386 g/mol. The van der Waals surface area contributed by atoms with Crippen molar-refractivity contribution in [3.05, 3.63) is 48.3 Å². The Morgan fingerprint density at radius 3 is 2.64 bits per heavy atom. The van der Waals surface area contributed by atoms with Gasteiger partial charge in [0.25, 0.3) is 5.91 Å². The summed E-state index contributed by atoms with van der Waals surface area (Å²) in [5.41, 5.74) is 1.99. The number of methoxy groups -OCH3 is 2. The van der Waals surface area contributed by atoms with Crippen LogP contribution in [0.15, 0.2) is 37.2 Å². The van der Waals surface area contributed by atoms with Crippen LogP contribution in [0.5, 0.6) is 11.5 Å². The second-order valence-corrected chi connectivity index (χ2v) is 6.34. The Morgan fingerprint density at radius 1 is 1.29 bits per heavy atom. The van der Waals surface area contributed by atoms with Crippen molar-refractivity contribution in [1.82, 2.24) is 14.7 Å². The van der Waals surface area contributed by atoms with E-state index >= 15 is 0 Å². The van der Waals surface area contributed by atoms with Gasteiger partial charge in [-0.05, 0) is 31.6 Å². The SMILES string of the molecule is C=CCc1cc(C(=O)Nc2cnn(CCN(CC)CC)c2)cc(OC)c1OC. The molecule has 1 aromatic heterocycles. The maximum atomic E-state index is 12.7. The number of carbonyl (C=O) groups excluding carboxylic acids is 1. The number of allylic oxidation sites excluding steroid dienone is 1. The number of anilines is 1. The number of benzene rings is 1. The van der Waals surface area contributed by atoms with Gasteiger partial charge in [-0.3, -0.25) is 9.48 Å². The molecule has 0 aliphatic heterocycles. The van der Waals surface area contributed by atoms with Crippen LogP contribution in [0, 0.1) is 0 Å². The molecule has 0 saturated heterocycles. The fraction of sp³-hybridized carbons (Fsp3) is 0.429. The zero-order chi connectivity index (χ0) is 20.5. The molecule has 2 rings (SSSR count). The quantitative estimate of drug-likeness (QED) is 0.601. The molecular weight excluding hydrogens is 356 g/mol. The third-order valence-corrected chi connectivity index (χ3v) is 4.61. The largest absolute Gasteiger partial charge is 0.493 e. The Labute approximate surface area is 166 Å². The molecule has 0 unspecified atom stereocenters. The zero-order valence-electron chi connectivity index (χ0n) is 17.2. The van der Waals surface area contributed by atoms with E-state index in [0.717, 1.165) is 31.7 Å². The van der Waals surface area contributed by atoms with Crippen LogP contribution in [0.4, 0.5) is 5.69 Å². The number of carbonyl (C=O) groups is 1. The van der Waals surface area contributed by atoms with Gasteiger partial charge in [-0.25, -0.2) is 0 Å². The summed E-state index contributed by atoms with van der Waals surface area (Å²) in [4.78, 5) is 15.1. The van der Waals surface area contributed by atoms with E-state index in [1.165, 1.54) is 0 Å². The molecule has 1 amide bonds. The van der Waals surface area contributed by atoms with Gasteiger partial charge in [-0.15, -0.1) is 6.58 Å². The number of hydrogen-bond donors (Lipinski definition) is 1. The highest BCUT2D eigenvalue weighted by molar-refractivity contribution is 6.04. The van der Waals surface area contributed by atoms with Gasteiger partial charge in [-0.1, -0.05) is 19.9 Å². The predicted octanol–water partition coefficient (Wildman–Crippen LogP) is 3.22.